The number of carbonyl (C=O) groups is 2. The Morgan fingerprint density at radius 2 is 2.23 bits per heavy atom. The molecule has 0 radical (unpaired) electrons. The lowest BCUT2D eigenvalue weighted by Gasteiger charge is -2.27. The minimum absolute atomic E-state index is 0.0657. The topological polar surface area (TPSA) is 87.5 Å². The fourth-order valence-electron chi connectivity index (χ4n) is 3.17. The Balaban J connectivity index is 1.51. The largest absolute Gasteiger partial charge is 0.388 e. The molecule has 140 valence electrons. The molecular weight excluding hydrogens is 352 g/mol. The number of nitrogens with one attached hydrogen (secondary N) is 1. The summed E-state index contributed by atoms with van der Waals surface area (Å²) >= 11 is 1.54. The van der Waals surface area contributed by atoms with E-state index in [1.165, 1.54) is 0 Å². The maximum absolute atomic E-state index is 12.5. The fourth-order valence-corrected chi connectivity index (χ4v) is 3.87. The molecule has 0 saturated carbocycles. The van der Waals surface area contributed by atoms with E-state index in [0.29, 0.717) is 44.3 Å². The first kappa shape index (κ1) is 18.6. The van der Waals surface area contributed by atoms with Crippen molar-refractivity contribution in [1.82, 2.24) is 20.0 Å². The van der Waals surface area contributed by atoms with Gasteiger partial charge in [0.25, 0.3) is 5.91 Å². The minimum Gasteiger partial charge on any atom is -0.388 e. The van der Waals surface area contributed by atoms with Gasteiger partial charge in [-0.3, -0.25) is 14.3 Å². The average Bonchev–Trinajstić information content (AvgIpc) is 3.23. The molecule has 1 fully saturated rings. The number of nitrogens with zero attached hydrogens (tertiary/aromatic N) is 3. The van der Waals surface area contributed by atoms with Gasteiger partial charge in [-0.2, -0.15) is 5.10 Å². The third-order valence-electron chi connectivity index (χ3n) is 4.69. The van der Waals surface area contributed by atoms with E-state index < -0.39 is 5.60 Å². The van der Waals surface area contributed by atoms with E-state index in [2.05, 4.69) is 10.4 Å². The quantitative estimate of drug-likeness (QED) is 0.821. The molecule has 3 heterocycles. The summed E-state index contributed by atoms with van der Waals surface area (Å²) in [5, 5.41) is 19.6. The number of thiophene rings is 1. The van der Waals surface area contributed by atoms with Crippen LogP contribution in [0.3, 0.4) is 0 Å². The summed E-state index contributed by atoms with van der Waals surface area (Å²) in [5.74, 6) is -0.155. The number of aryl methyl sites for hydroxylation is 1. The predicted molar refractivity (Wildman–Crippen MR) is 98.9 cm³/mol. The first-order chi connectivity index (χ1) is 12.5. The van der Waals surface area contributed by atoms with Crippen LogP contribution < -0.4 is 5.32 Å². The molecule has 0 spiro atoms. The zero-order chi connectivity index (χ0) is 18.6. The molecular formula is C18H24N4O3S. The third-order valence-corrected chi connectivity index (χ3v) is 5.56. The molecule has 0 aliphatic carbocycles. The van der Waals surface area contributed by atoms with E-state index in [4.69, 9.17) is 0 Å². The van der Waals surface area contributed by atoms with E-state index in [1.54, 1.807) is 40.4 Å². The van der Waals surface area contributed by atoms with E-state index >= 15 is 0 Å². The Morgan fingerprint density at radius 3 is 2.92 bits per heavy atom. The van der Waals surface area contributed by atoms with Crippen LogP contribution in [-0.4, -0.2) is 56.8 Å². The molecule has 7 nitrogen and oxygen atoms in total. The molecule has 8 heteroatoms. The number of amides is 2. The molecule has 1 atom stereocenters. The summed E-state index contributed by atoms with van der Waals surface area (Å²) in [6, 6.07) is 3.84. The third kappa shape index (κ3) is 4.70. The van der Waals surface area contributed by atoms with Crippen molar-refractivity contribution < 1.29 is 14.7 Å². The van der Waals surface area contributed by atoms with Crippen LogP contribution in [0.25, 0.3) is 0 Å². The number of carbonyl (C=O) groups excluding carboxylic acids is 2. The molecule has 2 amide bonds. The van der Waals surface area contributed by atoms with E-state index in [0.717, 1.165) is 4.88 Å². The molecule has 2 aromatic rings. The molecule has 1 aliphatic heterocycles. The lowest BCUT2D eigenvalue weighted by atomic mass is 9.95. The molecule has 2 N–H and O–H groups in total. The van der Waals surface area contributed by atoms with Crippen molar-refractivity contribution in [2.24, 2.45) is 7.05 Å². The van der Waals surface area contributed by atoms with Crippen molar-refractivity contribution in [3.8, 4) is 0 Å². The monoisotopic (exact) mass is 376 g/mol. The Hall–Kier alpha value is -2.19. The summed E-state index contributed by atoms with van der Waals surface area (Å²) in [6.07, 6.45) is 5.29. The zero-order valence-corrected chi connectivity index (χ0v) is 15.7. The lowest BCUT2D eigenvalue weighted by molar-refractivity contribution is -0.121. The van der Waals surface area contributed by atoms with Crippen LogP contribution in [0.4, 0.5) is 0 Å². The highest BCUT2D eigenvalue weighted by atomic mass is 32.1. The van der Waals surface area contributed by atoms with Crippen LogP contribution in [0.5, 0.6) is 0 Å². The van der Waals surface area contributed by atoms with Crippen LogP contribution in [-0.2, 0) is 18.3 Å². The van der Waals surface area contributed by atoms with Crippen LogP contribution >= 0.6 is 11.3 Å². The maximum atomic E-state index is 12.5. The van der Waals surface area contributed by atoms with Gasteiger partial charge in [0.15, 0.2) is 0 Å². The van der Waals surface area contributed by atoms with Crippen molar-refractivity contribution in [2.45, 2.75) is 31.3 Å². The van der Waals surface area contributed by atoms with Gasteiger partial charge < -0.3 is 15.3 Å². The van der Waals surface area contributed by atoms with Crippen molar-refractivity contribution >= 4 is 23.2 Å². The van der Waals surface area contributed by atoms with Crippen LogP contribution in [0, 0.1) is 0 Å². The number of likely N-dealkylation sites (tertiary alicyclic amines) is 1. The first-order valence-corrected chi connectivity index (χ1v) is 9.63. The van der Waals surface area contributed by atoms with Crippen molar-refractivity contribution in [3.63, 3.8) is 0 Å². The minimum atomic E-state index is -0.977. The number of hydrogen-bond donors (Lipinski definition) is 2. The molecule has 2 aromatic heterocycles. The summed E-state index contributed by atoms with van der Waals surface area (Å²) in [7, 11) is 1.77. The average molecular weight is 376 g/mol. The van der Waals surface area contributed by atoms with Gasteiger partial charge in [-0.1, -0.05) is 6.07 Å². The SMILES string of the molecule is Cn1cc(C(=O)N2CCC[C@](O)(CNC(=O)Cc3cccs3)CC2)cn1. The van der Waals surface area contributed by atoms with Gasteiger partial charge in [0.1, 0.15) is 0 Å². The number of aliphatic hydroxyl groups is 1. The van der Waals surface area contributed by atoms with E-state index in [1.807, 2.05) is 17.5 Å². The Kier molecular flexibility index (Phi) is 5.73. The first-order valence-electron chi connectivity index (χ1n) is 8.75. The zero-order valence-electron chi connectivity index (χ0n) is 14.9. The second kappa shape index (κ2) is 8.01. The van der Waals surface area contributed by atoms with E-state index in [9.17, 15) is 14.7 Å². The molecule has 26 heavy (non-hydrogen) atoms. The second-order valence-corrected chi connectivity index (χ2v) is 7.84. The number of hydrogen-bond acceptors (Lipinski definition) is 5. The number of aromatic nitrogens is 2. The molecule has 0 unspecified atom stereocenters. The highest BCUT2D eigenvalue weighted by Gasteiger charge is 2.32. The standard InChI is InChI=1S/C18H24N4O3S/c1-21-12-14(11-20-21)17(24)22-7-3-5-18(25,6-8-22)13-19-16(23)10-15-4-2-9-26-15/h2,4,9,11-12,25H,3,5-8,10,13H2,1H3,(H,19,23)/t18-/m1/s1. The molecule has 0 bridgehead atoms. The van der Waals surface area contributed by atoms with E-state index in [-0.39, 0.29) is 18.4 Å². The lowest BCUT2D eigenvalue weighted by Crippen LogP contribution is -2.44. The Bertz CT molecular complexity index is 758. The van der Waals surface area contributed by atoms with Gasteiger partial charge in [0.2, 0.25) is 5.91 Å². The van der Waals surface area contributed by atoms with Gasteiger partial charge in [-0.25, -0.2) is 0 Å². The Morgan fingerprint density at radius 1 is 1.38 bits per heavy atom. The van der Waals surface area contributed by atoms with Crippen molar-refractivity contribution in [1.29, 1.82) is 0 Å². The highest BCUT2D eigenvalue weighted by molar-refractivity contribution is 7.10. The smallest absolute Gasteiger partial charge is 0.257 e. The summed E-state index contributed by atoms with van der Waals surface area (Å²) < 4.78 is 1.60. The van der Waals surface area contributed by atoms with Crippen LogP contribution in [0.2, 0.25) is 0 Å². The van der Waals surface area contributed by atoms with Gasteiger partial charge >= 0.3 is 0 Å². The summed E-state index contributed by atoms with van der Waals surface area (Å²) in [5.41, 5.74) is -0.420. The highest BCUT2D eigenvalue weighted by Crippen LogP contribution is 2.23. The fraction of sp³-hybridized carbons (Fsp3) is 0.500. The predicted octanol–water partition coefficient (Wildman–Crippen LogP) is 1.20. The number of rotatable bonds is 5. The molecule has 1 saturated heterocycles. The second-order valence-electron chi connectivity index (χ2n) is 6.81. The Labute approximate surface area is 156 Å². The normalized spacial score (nSPS) is 20.6. The molecule has 1 aliphatic rings. The van der Waals surface area contributed by atoms with Crippen LogP contribution in [0.15, 0.2) is 29.9 Å². The van der Waals surface area contributed by atoms with Gasteiger partial charge in [0.05, 0.1) is 23.8 Å². The summed E-state index contributed by atoms with van der Waals surface area (Å²) in [6.45, 7) is 1.27. The van der Waals surface area contributed by atoms with Gasteiger partial charge in [-0.15, -0.1) is 11.3 Å². The van der Waals surface area contributed by atoms with Crippen LogP contribution in [0.1, 0.15) is 34.5 Å². The van der Waals surface area contributed by atoms with Gasteiger partial charge in [0, 0.05) is 37.8 Å². The maximum Gasteiger partial charge on any atom is 0.257 e. The molecule has 0 aromatic carbocycles. The van der Waals surface area contributed by atoms with Crippen molar-refractivity contribution in [2.75, 3.05) is 19.6 Å². The molecule has 3 rings (SSSR count). The van der Waals surface area contributed by atoms with Gasteiger partial charge in [-0.05, 0) is 30.7 Å². The van der Waals surface area contributed by atoms with Crippen molar-refractivity contribution in [3.05, 3.63) is 40.3 Å². The summed E-state index contributed by atoms with van der Waals surface area (Å²) in [4.78, 5) is 27.4.